The van der Waals surface area contributed by atoms with Crippen LogP contribution in [0.1, 0.15) is 22.7 Å². The molecule has 4 aromatic carbocycles. The molecule has 0 atom stereocenters. The average molecular weight is 477 g/mol. The minimum Gasteiger partial charge on any atom is -0.361 e. The zero-order valence-corrected chi connectivity index (χ0v) is 18.9. The molecule has 2 heterocycles. The van der Waals surface area contributed by atoms with Gasteiger partial charge in [-0.25, -0.2) is 0 Å². The molecule has 0 saturated carbocycles. The van der Waals surface area contributed by atoms with Crippen molar-refractivity contribution in [3.8, 4) is 11.1 Å². The maximum Gasteiger partial charge on any atom is 0.0497 e. The van der Waals surface area contributed by atoms with Gasteiger partial charge >= 0.3 is 0 Å². The summed E-state index contributed by atoms with van der Waals surface area (Å²) < 4.78 is 1.08. The van der Waals surface area contributed by atoms with Crippen molar-refractivity contribution >= 4 is 37.7 Å². The van der Waals surface area contributed by atoms with Gasteiger partial charge in [0, 0.05) is 55.2 Å². The topological polar surface area (TPSA) is 31.6 Å². The Morgan fingerprint density at radius 2 is 1.28 bits per heavy atom. The van der Waals surface area contributed by atoms with Gasteiger partial charge < -0.3 is 9.97 Å². The van der Waals surface area contributed by atoms with E-state index in [0.29, 0.717) is 0 Å². The van der Waals surface area contributed by atoms with Crippen molar-refractivity contribution in [3.05, 3.63) is 131 Å². The Hall–Kier alpha value is -3.56. The van der Waals surface area contributed by atoms with Crippen LogP contribution >= 0.6 is 15.9 Å². The van der Waals surface area contributed by atoms with Crippen LogP contribution in [0.2, 0.25) is 0 Å². The highest BCUT2D eigenvalue weighted by Gasteiger charge is 2.25. The van der Waals surface area contributed by atoms with E-state index in [1.54, 1.807) is 0 Å². The SMILES string of the molecule is Brc1ccc2[nH]cc(-c3c(C(c4ccccc4)c4ccccc4)[nH]c4ccccc34)c2c1. The molecule has 6 rings (SSSR count). The fourth-order valence-electron chi connectivity index (χ4n) is 4.79. The van der Waals surface area contributed by atoms with Gasteiger partial charge in [0.05, 0.1) is 0 Å². The number of halogens is 1. The highest BCUT2D eigenvalue weighted by Crippen LogP contribution is 2.44. The summed E-state index contributed by atoms with van der Waals surface area (Å²) in [4.78, 5) is 7.28. The van der Waals surface area contributed by atoms with E-state index in [4.69, 9.17) is 0 Å². The molecule has 0 aliphatic carbocycles. The molecule has 2 N–H and O–H groups in total. The molecule has 3 heteroatoms. The van der Waals surface area contributed by atoms with E-state index >= 15 is 0 Å². The van der Waals surface area contributed by atoms with Crippen molar-refractivity contribution in [2.75, 3.05) is 0 Å². The molecule has 32 heavy (non-hydrogen) atoms. The number of nitrogens with one attached hydrogen (secondary N) is 2. The summed E-state index contributed by atoms with van der Waals surface area (Å²) >= 11 is 3.66. The molecular weight excluding hydrogens is 456 g/mol. The molecule has 154 valence electrons. The van der Waals surface area contributed by atoms with Crippen molar-refractivity contribution in [1.29, 1.82) is 0 Å². The van der Waals surface area contributed by atoms with E-state index in [0.717, 1.165) is 15.5 Å². The van der Waals surface area contributed by atoms with Crippen LogP contribution in [0, 0.1) is 0 Å². The number of H-pyrrole nitrogens is 2. The van der Waals surface area contributed by atoms with Crippen LogP contribution in [-0.2, 0) is 0 Å². The number of fused-ring (bicyclic) bond motifs is 2. The fraction of sp³-hybridized carbons (Fsp3) is 0.0345. The lowest BCUT2D eigenvalue weighted by atomic mass is 9.85. The lowest BCUT2D eigenvalue weighted by Gasteiger charge is -2.19. The van der Waals surface area contributed by atoms with Gasteiger partial charge in [0.25, 0.3) is 0 Å². The molecule has 0 bridgehead atoms. The molecule has 6 aromatic rings. The summed E-state index contributed by atoms with van der Waals surface area (Å²) in [6.07, 6.45) is 2.14. The Balaban J connectivity index is 1.70. The number of hydrogen-bond acceptors (Lipinski definition) is 0. The minimum absolute atomic E-state index is 0.0944. The monoisotopic (exact) mass is 476 g/mol. The van der Waals surface area contributed by atoms with Crippen LogP contribution in [0.15, 0.2) is 114 Å². The van der Waals surface area contributed by atoms with E-state index in [-0.39, 0.29) is 5.92 Å². The van der Waals surface area contributed by atoms with Crippen LogP contribution in [0.25, 0.3) is 32.9 Å². The second-order valence-corrected chi connectivity index (χ2v) is 9.02. The third-order valence-electron chi connectivity index (χ3n) is 6.20. The predicted octanol–water partition coefficient (Wildman–Crippen LogP) is 8.26. The second-order valence-electron chi connectivity index (χ2n) is 8.11. The third kappa shape index (κ3) is 3.17. The first-order valence-electron chi connectivity index (χ1n) is 10.8. The number of rotatable bonds is 4. The Bertz CT molecular complexity index is 1490. The fourth-order valence-corrected chi connectivity index (χ4v) is 5.15. The lowest BCUT2D eigenvalue weighted by molar-refractivity contribution is 0.941. The van der Waals surface area contributed by atoms with Gasteiger partial charge in [-0.2, -0.15) is 0 Å². The predicted molar refractivity (Wildman–Crippen MR) is 137 cm³/mol. The molecule has 0 saturated heterocycles. The Labute approximate surface area is 195 Å². The summed E-state index contributed by atoms with van der Waals surface area (Å²) in [5.74, 6) is 0.0944. The molecule has 2 aromatic heterocycles. The number of benzene rings is 4. The summed E-state index contributed by atoms with van der Waals surface area (Å²) in [6, 6.07) is 36.5. The third-order valence-corrected chi connectivity index (χ3v) is 6.70. The Morgan fingerprint density at radius 1 is 0.625 bits per heavy atom. The van der Waals surface area contributed by atoms with Gasteiger partial charge in [0.2, 0.25) is 0 Å². The second kappa shape index (κ2) is 7.85. The number of aromatic amines is 2. The van der Waals surface area contributed by atoms with E-state index in [1.165, 1.54) is 38.7 Å². The van der Waals surface area contributed by atoms with Gasteiger partial charge in [-0.1, -0.05) is 94.8 Å². The van der Waals surface area contributed by atoms with Crippen LogP contribution in [0.4, 0.5) is 0 Å². The van der Waals surface area contributed by atoms with Crippen molar-refractivity contribution in [3.63, 3.8) is 0 Å². The first-order valence-corrected chi connectivity index (χ1v) is 11.6. The molecule has 0 spiro atoms. The smallest absolute Gasteiger partial charge is 0.0497 e. The van der Waals surface area contributed by atoms with Crippen molar-refractivity contribution in [2.24, 2.45) is 0 Å². The summed E-state index contributed by atoms with van der Waals surface area (Å²) in [5, 5.41) is 2.45. The quantitative estimate of drug-likeness (QED) is 0.256. The zero-order chi connectivity index (χ0) is 21.5. The maximum atomic E-state index is 3.80. The lowest BCUT2D eigenvalue weighted by Crippen LogP contribution is -2.05. The molecule has 0 radical (unpaired) electrons. The molecular formula is C29H21BrN2. The summed E-state index contributed by atoms with van der Waals surface area (Å²) in [7, 11) is 0. The highest BCUT2D eigenvalue weighted by atomic mass is 79.9. The standard InChI is InChI=1S/C29H21BrN2/c30-21-15-16-25-23(17-21)24(18-31-25)28-22-13-7-8-14-26(22)32-29(28)27(19-9-3-1-4-10-19)20-11-5-2-6-12-20/h1-18,27,31-32H. The maximum absolute atomic E-state index is 3.80. The van der Waals surface area contributed by atoms with Crippen molar-refractivity contribution in [2.45, 2.75) is 5.92 Å². The Kier molecular flexibility index (Phi) is 4.70. The number of para-hydroxylation sites is 1. The van der Waals surface area contributed by atoms with E-state index < -0.39 is 0 Å². The van der Waals surface area contributed by atoms with Gasteiger partial charge in [-0.15, -0.1) is 0 Å². The minimum atomic E-state index is 0.0944. The molecule has 0 aliphatic rings. The van der Waals surface area contributed by atoms with Crippen LogP contribution < -0.4 is 0 Å². The first-order chi connectivity index (χ1) is 15.8. The largest absolute Gasteiger partial charge is 0.361 e. The molecule has 0 amide bonds. The van der Waals surface area contributed by atoms with Gasteiger partial charge in [-0.3, -0.25) is 0 Å². The molecule has 0 aliphatic heterocycles. The first kappa shape index (κ1) is 19.1. The van der Waals surface area contributed by atoms with Crippen molar-refractivity contribution in [1.82, 2.24) is 9.97 Å². The molecule has 0 fully saturated rings. The van der Waals surface area contributed by atoms with Crippen LogP contribution in [0.5, 0.6) is 0 Å². The van der Waals surface area contributed by atoms with Gasteiger partial charge in [0.15, 0.2) is 0 Å². The molecule has 2 nitrogen and oxygen atoms in total. The van der Waals surface area contributed by atoms with Crippen LogP contribution in [-0.4, -0.2) is 9.97 Å². The molecule has 0 unspecified atom stereocenters. The van der Waals surface area contributed by atoms with Gasteiger partial charge in [-0.05, 0) is 35.4 Å². The van der Waals surface area contributed by atoms with Gasteiger partial charge in [0.1, 0.15) is 0 Å². The number of aromatic nitrogens is 2. The average Bonchev–Trinajstić information content (AvgIpc) is 3.41. The number of hydrogen-bond donors (Lipinski definition) is 2. The summed E-state index contributed by atoms with van der Waals surface area (Å²) in [6.45, 7) is 0. The summed E-state index contributed by atoms with van der Waals surface area (Å²) in [5.41, 5.74) is 8.51. The van der Waals surface area contributed by atoms with E-state index in [9.17, 15) is 0 Å². The normalized spacial score (nSPS) is 11.6. The van der Waals surface area contributed by atoms with Crippen LogP contribution in [0.3, 0.4) is 0 Å². The zero-order valence-electron chi connectivity index (χ0n) is 17.3. The van der Waals surface area contributed by atoms with E-state index in [1.807, 2.05) is 0 Å². The highest BCUT2D eigenvalue weighted by molar-refractivity contribution is 9.10. The van der Waals surface area contributed by atoms with E-state index in [2.05, 4.69) is 135 Å². The Morgan fingerprint density at radius 3 is 2.00 bits per heavy atom. The van der Waals surface area contributed by atoms with Crippen molar-refractivity contribution < 1.29 is 0 Å².